The molecule has 0 heterocycles. The van der Waals surface area contributed by atoms with E-state index >= 15 is 0 Å². The molecule has 2 saturated carbocycles. The fourth-order valence-electron chi connectivity index (χ4n) is 3.60. The second-order valence-corrected chi connectivity index (χ2v) is 6.61. The Balaban J connectivity index is 0.00000208. The Kier molecular flexibility index (Phi) is 5.81. The van der Waals surface area contributed by atoms with E-state index in [9.17, 15) is 18.0 Å². The molecule has 1 amide bonds. The molecule has 0 aromatic heterocycles. The number of benzene rings is 1. The summed E-state index contributed by atoms with van der Waals surface area (Å²) in [6.45, 7) is 0.562. The molecular weight excluding hydrogens is 341 g/mol. The number of nitrogens with one attached hydrogen (secondary N) is 1. The van der Waals surface area contributed by atoms with Gasteiger partial charge in [0.2, 0.25) is 5.91 Å². The standard InChI is InChI=1S/C17H21F3N2O.ClH/c18-17(19,20)12-5-1-3-10(7-12)13-8-14(13)16(23)22-15-6-2-4-11(15)9-21;/h1,3,5,7,11,13-15H,2,4,6,8-9,21H2,(H,22,23);1H. The topological polar surface area (TPSA) is 55.1 Å². The third-order valence-electron chi connectivity index (χ3n) is 5.06. The van der Waals surface area contributed by atoms with Crippen molar-refractivity contribution in [2.75, 3.05) is 6.54 Å². The number of alkyl halides is 3. The van der Waals surface area contributed by atoms with E-state index in [1.54, 1.807) is 6.07 Å². The van der Waals surface area contributed by atoms with Crippen molar-refractivity contribution in [3.63, 3.8) is 0 Å². The number of hydrogen-bond donors (Lipinski definition) is 2. The van der Waals surface area contributed by atoms with E-state index in [0.717, 1.165) is 31.4 Å². The molecule has 3 rings (SSSR count). The number of rotatable bonds is 4. The van der Waals surface area contributed by atoms with Crippen LogP contribution in [0.3, 0.4) is 0 Å². The van der Waals surface area contributed by atoms with Gasteiger partial charge in [-0.15, -0.1) is 12.4 Å². The lowest BCUT2D eigenvalue weighted by atomic mass is 10.0. The maximum atomic E-state index is 12.8. The molecule has 1 aromatic rings. The molecule has 0 spiro atoms. The quantitative estimate of drug-likeness (QED) is 0.861. The van der Waals surface area contributed by atoms with Crippen molar-refractivity contribution in [3.8, 4) is 0 Å². The summed E-state index contributed by atoms with van der Waals surface area (Å²) in [4.78, 5) is 12.3. The lowest BCUT2D eigenvalue weighted by Gasteiger charge is -2.19. The molecule has 4 atom stereocenters. The minimum atomic E-state index is -4.35. The number of halogens is 4. The Morgan fingerprint density at radius 3 is 2.71 bits per heavy atom. The second kappa shape index (κ2) is 7.31. The molecule has 4 unspecified atom stereocenters. The van der Waals surface area contributed by atoms with E-state index in [4.69, 9.17) is 5.73 Å². The highest BCUT2D eigenvalue weighted by atomic mass is 35.5. The van der Waals surface area contributed by atoms with Gasteiger partial charge in [-0.3, -0.25) is 4.79 Å². The van der Waals surface area contributed by atoms with E-state index in [-0.39, 0.29) is 36.2 Å². The average Bonchev–Trinajstić information content (AvgIpc) is 3.20. The first-order valence-electron chi connectivity index (χ1n) is 8.07. The van der Waals surface area contributed by atoms with Gasteiger partial charge in [0.05, 0.1) is 5.56 Å². The van der Waals surface area contributed by atoms with Crippen molar-refractivity contribution in [2.45, 2.75) is 43.8 Å². The highest BCUT2D eigenvalue weighted by molar-refractivity contribution is 5.85. The van der Waals surface area contributed by atoms with Crippen molar-refractivity contribution >= 4 is 18.3 Å². The van der Waals surface area contributed by atoms with Crippen LogP contribution in [0, 0.1) is 11.8 Å². The number of nitrogens with two attached hydrogens (primary N) is 1. The molecule has 2 aliphatic rings. The van der Waals surface area contributed by atoms with Gasteiger partial charge in [-0.2, -0.15) is 13.2 Å². The summed E-state index contributed by atoms with van der Waals surface area (Å²) in [5, 5.41) is 3.05. The van der Waals surface area contributed by atoms with Gasteiger partial charge in [-0.25, -0.2) is 0 Å². The molecule has 0 aliphatic heterocycles. The van der Waals surface area contributed by atoms with Gasteiger partial charge in [0, 0.05) is 12.0 Å². The molecule has 0 bridgehead atoms. The smallest absolute Gasteiger partial charge is 0.353 e. The minimum absolute atomic E-state index is 0. The first-order valence-corrected chi connectivity index (χ1v) is 8.07. The Labute approximate surface area is 145 Å². The number of hydrogen-bond acceptors (Lipinski definition) is 2. The Hall–Kier alpha value is -1.27. The minimum Gasteiger partial charge on any atom is -0.353 e. The van der Waals surface area contributed by atoms with Crippen molar-refractivity contribution in [1.82, 2.24) is 5.32 Å². The lowest BCUT2D eigenvalue weighted by molar-refractivity contribution is -0.137. The van der Waals surface area contributed by atoms with Crippen molar-refractivity contribution in [2.24, 2.45) is 17.6 Å². The summed E-state index contributed by atoms with van der Waals surface area (Å²) in [5.74, 6) is -0.0324. The van der Waals surface area contributed by atoms with Crippen LogP contribution < -0.4 is 11.1 Å². The van der Waals surface area contributed by atoms with E-state index in [2.05, 4.69) is 5.32 Å². The fraction of sp³-hybridized carbons (Fsp3) is 0.588. The number of carbonyl (C=O) groups excluding carboxylic acids is 1. The van der Waals surface area contributed by atoms with E-state index in [1.807, 2.05) is 0 Å². The van der Waals surface area contributed by atoms with E-state index < -0.39 is 11.7 Å². The fourth-order valence-corrected chi connectivity index (χ4v) is 3.60. The van der Waals surface area contributed by atoms with Gasteiger partial charge in [0.25, 0.3) is 0 Å². The third kappa shape index (κ3) is 4.03. The van der Waals surface area contributed by atoms with Gasteiger partial charge >= 0.3 is 6.18 Å². The summed E-state index contributed by atoms with van der Waals surface area (Å²) < 4.78 is 38.3. The molecule has 0 saturated heterocycles. The van der Waals surface area contributed by atoms with Crippen LogP contribution in [0.5, 0.6) is 0 Å². The maximum Gasteiger partial charge on any atom is 0.416 e. The van der Waals surface area contributed by atoms with Gasteiger partial charge < -0.3 is 11.1 Å². The van der Waals surface area contributed by atoms with Crippen LogP contribution in [-0.2, 0) is 11.0 Å². The number of carbonyl (C=O) groups is 1. The van der Waals surface area contributed by atoms with Gasteiger partial charge in [-0.05, 0) is 49.3 Å². The van der Waals surface area contributed by atoms with Crippen molar-refractivity contribution in [1.29, 1.82) is 0 Å². The Bertz CT molecular complexity index is 593. The highest BCUT2D eigenvalue weighted by Gasteiger charge is 2.45. The van der Waals surface area contributed by atoms with Crippen LogP contribution in [0.15, 0.2) is 24.3 Å². The largest absolute Gasteiger partial charge is 0.416 e. The second-order valence-electron chi connectivity index (χ2n) is 6.61. The molecule has 24 heavy (non-hydrogen) atoms. The third-order valence-corrected chi connectivity index (χ3v) is 5.06. The first kappa shape index (κ1) is 19.1. The maximum absolute atomic E-state index is 12.8. The van der Waals surface area contributed by atoms with Crippen LogP contribution in [0.4, 0.5) is 13.2 Å². The molecule has 134 valence electrons. The van der Waals surface area contributed by atoms with Crippen LogP contribution >= 0.6 is 12.4 Å². The summed E-state index contributed by atoms with van der Waals surface area (Å²) in [7, 11) is 0. The summed E-state index contributed by atoms with van der Waals surface area (Å²) >= 11 is 0. The van der Waals surface area contributed by atoms with E-state index in [0.29, 0.717) is 24.4 Å². The Morgan fingerprint density at radius 1 is 1.29 bits per heavy atom. The molecule has 3 nitrogen and oxygen atoms in total. The zero-order valence-electron chi connectivity index (χ0n) is 13.2. The normalized spacial score (nSPS) is 29.0. The van der Waals surface area contributed by atoms with E-state index in [1.165, 1.54) is 6.07 Å². The molecule has 0 radical (unpaired) electrons. The highest BCUT2D eigenvalue weighted by Crippen LogP contribution is 2.48. The van der Waals surface area contributed by atoms with Crippen LogP contribution in [0.25, 0.3) is 0 Å². The van der Waals surface area contributed by atoms with Crippen LogP contribution in [-0.4, -0.2) is 18.5 Å². The Morgan fingerprint density at radius 2 is 2.04 bits per heavy atom. The molecule has 7 heteroatoms. The molecular formula is C17H22ClF3N2O. The molecule has 3 N–H and O–H groups in total. The predicted octanol–water partition coefficient (Wildman–Crippen LogP) is 3.47. The predicted molar refractivity (Wildman–Crippen MR) is 87.9 cm³/mol. The van der Waals surface area contributed by atoms with Crippen molar-refractivity contribution < 1.29 is 18.0 Å². The van der Waals surface area contributed by atoms with Crippen molar-refractivity contribution in [3.05, 3.63) is 35.4 Å². The zero-order chi connectivity index (χ0) is 16.6. The average molecular weight is 363 g/mol. The van der Waals surface area contributed by atoms with Gasteiger partial charge in [-0.1, -0.05) is 24.6 Å². The van der Waals surface area contributed by atoms with Crippen LogP contribution in [0.1, 0.15) is 42.7 Å². The monoisotopic (exact) mass is 362 g/mol. The van der Waals surface area contributed by atoms with Gasteiger partial charge in [0.1, 0.15) is 0 Å². The molecule has 2 fully saturated rings. The SMILES string of the molecule is Cl.NCC1CCCC1NC(=O)C1CC1c1cccc(C(F)(F)F)c1. The summed E-state index contributed by atoms with van der Waals surface area (Å²) in [6, 6.07) is 5.43. The molecule has 1 aromatic carbocycles. The zero-order valence-corrected chi connectivity index (χ0v) is 14.0. The summed E-state index contributed by atoms with van der Waals surface area (Å²) in [6.07, 6.45) is -0.694. The number of amides is 1. The summed E-state index contributed by atoms with van der Waals surface area (Å²) in [5.41, 5.74) is 5.66. The lowest BCUT2D eigenvalue weighted by Crippen LogP contribution is -2.40. The van der Waals surface area contributed by atoms with Crippen LogP contribution in [0.2, 0.25) is 0 Å². The first-order chi connectivity index (χ1) is 10.9. The molecule has 2 aliphatic carbocycles. The van der Waals surface area contributed by atoms with Gasteiger partial charge in [0.15, 0.2) is 0 Å².